The summed E-state index contributed by atoms with van der Waals surface area (Å²) in [5.41, 5.74) is -0.573. The van der Waals surface area contributed by atoms with Crippen molar-refractivity contribution in [2.45, 2.75) is 30.9 Å². The highest BCUT2D eigenvalue weighted by Gasteiger charge is 2.37. The first kappa shape index (κ1) is 18.7. The zero-order valence-electron chi connectivity index (χ0n) is 13.7. The van der Waals surface area contributed by atoms with Crippen LogP contribution >= 0.6 is 0 Å². The molecular formula is C17H23F3N2O2. The van der Waals surface area contributed by atoms with Crippen LogP contribution in [0.1, 0.15) is 30.4 Å². The lowest BCUT2D eigenvalue weighted by Crippen LogP contribution is -2.45. The Hall–Kier alpha value is -1.60. The fourth-order valence-corrected chi connectivity index (χ4v) is 2.95. The zero-order chi connectivity index (χ0) is 17.6. The maximum atomic E-state index is 13.0. The lowest BCUT2D eigenvalue weighted by Gasteiger charge is -2.38. The zero-order valence-corrected chi connectivity index (χ0v) is 13.7. The number of hydrogen-bond acceptors (Lipinski definition) is 3. The number of benzene rings is 1. The second kappa shape index (κ2) is 7.98. The molecule has 134 valence electrons. The Labute approximate surface area is 139 Å². The molecule has 1 aromatic carbocycles. The van der Waals surface area contributed by atoms with E-state index in [2.05, 4.69) is 10.6 Å². The molecule has 1 aliphatic heterocycles. The quantitative estimate of drug-likeness (QED) is 0.834. The predicted molar refractivity (Wildman–Crippen MR) is 84.7 cm³/mol. The van der Waals surface area contributed by atoms with Crippen LogP contribution in [0.25, 0.3) is 0 Å². The van der Waals surface area contributed by atoms with Crippen molar-refractivity contribution in [2.24, 2.45) is 0 Å². The molecule has 24 heavy (non-hydrogen) atoms. The number of nitrogens with one attached hydrogen (secondary N) is 2. The molecule has 2 N–H and O–H groups in total. The van der Waals surface area contributed by atoms with E-state index in [1.165, 1.54) is 12.1 Å². The van der Waals surface area contributed by atoms with Gasteiger partial charge in [-0.3, -0.25) is 4.79 Å². The molecule has 1 heterocycles. The van der Waals surface area contributed by atoms with E-state index in [0.717, 1.165) is 6.07 Å². The molecule has 1 fully saturated rings. The second-order valence-corrected chi connectivity index (χ2v) is 6.10. The van der Waals surface area contributed by atoms with Gasteiger partial charge in [-0.2, -0.15) is 13.2 Å². The summed E-state index contributed by atoms with van der Waals surface area (Å²) in [5.74, 6) is -0.109. The van der Waals surface area contributed by atoms with Crippen molar-refractivity contribution >= 4 is 5.91 Å². The van der Waals surface area contributed by atoms with Crippen molar-refractivity contribution in [3.63, 3.8) is 0 Å². The number of rotatable bonds is 6. The van der Waals surface area contributed by atoms with Gasteiger partial charge in [-0.25, -0.2) is 0 Å². The summed E-state index contributed by atoms with van der Waals surface area (Å²) >= 11 is 0. The highest BCUT2D eigenvalue weighted by molar-refractivity contribution is 5.76. The van der Waals surface area contributed by atoms with Crippen molar-refractivity contribution in [3.8, 4) is 0 Å². The third kappa shape index (κ3) is 4.70. The van der Waals surface area contributed by atoms with Crippen LogP contribution in [0.3, 0.4) is 0 Å². The minimum Gasteiger partial charge on any atom is -0.381 e. The predicted octanol–water partition coefficient (Wildman–Crippen LogP) is 2.48. The lowest BCUT2D eigenvalue weighted by molar-refractivity contribution is -0.137. The van der Waals surface area contributed by atoms with E-state index in [1.54, 1.807) is 13.1 Å². The Morgan fingerprint density at radius 2 is 2.00 bits per heavy atom. The van der Waals surface area contributed by atoms with Crippen LogP contribution in [0.2, 0.25) is 0 Å². The van der Waals surface area contributed by atoms with Crippen LogP contribution in [0.5, 0.6) is 0 Å². The number of halogens is 3. The van der Waals surface area contributed by atoms with Gasteiger partial charge in [0.2, 0.25) is 5.91 Å². The van der Waals surface area contributed by atoms with Crippen molar-refractivity contribution < 1.29 is 22.7 Å². The van der Waals surface area contributed by atoms with Gasteiger partial charge in [0.15, 0.2) is 0 Å². The molecule has 1 saturated heterocycles. The van der Waals surface area contributed by atoms with E-state index in [-0.39, 0.29) is 5.91 Å². The van der Waals surface area contributed by atoms with Crippen molar-refractivity contribution in [1.29, 1.82) is 0 Å². The smallest absolute Gasteiger partial charge is 0.381 e. The molecule has 1 aliphatic rings. The summed E-state index contributed by atoms with van der Waals surface area (Å²) in [6.45, 7) is 1.83. The fraction of sp³-hybridized carbons (Fsp3) is 0.588. The standard InChI is InChI=1S/C17H23F3N2O2/c1-21-8-5-15(23)22-12-16(6-9-24-10-7-16)13-3-2-4-14(11-13)17(18,19)20/h2-4,11,21H,5-10,12H2,1H3,(H,22,23). The molecule has 0 atom stereocenters. The molecule has 4 nitrogen and oxygen atoms in total. The van der Waals surface area contributed by atoms with Crippen LogP contribution in [0.15, 0.2) is 24.3 Å². The minimum atomic E-state index is -4.38. The normalized spacial score (nSPS) is 17.5. The third-order valence-corrected chi connectivity index (χ3v) is 4.48. The lowest BCUT2D eigenvalue weighted by atomic mass is 9.73. The van der Waals surface area contributed by atoms with Gasteiger partial charge in [-0.05, 0) is 31.5 Å². The monoisotopic (exact) mass is 344 g/mol. The first-order valence-electron chi connectivity index (χ1n) is 8.04. The van der Waals surface area contributed by atoms with E-state index in [0.29, 0.717) is 51.1 Å². The molecule has 0 unspecified atom stereocenters. The molecule has 0 aromatic heterocycles. The van der Waals surface area contributed by atoms with Gasteiger partial charge in [-0.1, -0.05) is 18.2 Å². The summed E-state index contributed by atoms with van der Waals surface area (Å²) in [6, 6.07) is 5.41. The van der Waals surface area contributed by atoms with Gasteiger partial charge in [0.05, 0.1) is 5.56 Å². The molecule has 0 saturated carbocycles. The molecule has 1 amide bonds. The van der Waals surface area contributed by atoms with Gasteiger partial charge in [0.25, 0.3) is 0 Å². The topological polar surface area (TPSA) is 50.4 Å². The van der Waals surface area contributed by atoms with Crippen molar-refractivity contribution in [2.75, 3.05) is 33.4 Å². The van der Waals surface area contributed by atoms with E-state index in [9.17, 15) is 18.0 Å². The Morgan fingerprint density at radius 1 is 1.29 bits per heavy atom. The number of carbonyl (C=O) groups excluding carboxylic acids is 1. The van der Waals surface area contributed by atoms with Crippen molar-refractivity contribution in [1.82, 2.24) is 10.6 Å². The van der Waals surface area contributed by atoms with Crippen LogP contribution < -0.4 is 10.6 Å². The van der Waals surface area contributed by atoms with E-state index >= 15 is 0 Å². The average Bonchev–Trinajstić information content (AvgIpc) is 2.58. The molecule has 0 spiro atoms. The van der Waals surface area contributed by atoms with Crippen LogP contribution in [-0.4, -0.2) is 39.3 Å². The highest BCUT2D eigenvalue weighted by atomic mass is 19.4. The van der Waals surface area contributed by atoms with Gasteiger partial charge in [0, 0.05) is 38.1 Å². The largest absolute Gasteiger partial charge is 0.416 e. The first-order valence-corrected chi connectivity index (χ1v) is 8.04. The summed E-state index contributed by atoms with van der Waals surface area (Å²) in [7, 11) is 1.76. The molecule has 2 rings (SSSR count). The Morgan fingerprint density at radius 3 is 2.62 bits per heavy atom. The molecule has 7 heteroatoms. The molecule has 0 radical (unpaired) electrons. The van der Waals surface area contributed by atoms with Gasteiger partial charge in [0.1, 0.15) is 0 Å². The van der Waals surface area contributed by atoms with Crippen LogP contribution in [-0.2, 0) is 21.1 Å². The molecular weight excluding hydrogens is 321 g/mol. The van der Waals surface area contributed by atoms with E-state index in [1.807, 2.05) is 0 Å². The van der Waals surface area contributed by atoms with Crippen LogP contribution in [0.4, 0.5) is 13.2 Å². The van der Waals surface area contributed by atoms with Gasteiger partial charge >= 0.3 is 6.18 Å². The molecule has 0 aliphatic carbocycles. The molecule has 0 bridgehead atoms. The van der Waals surface area contributed by atoms with E-state index < -0.39 is 17.2 Å². The SMILES string of the molecule is CNCCC(=O)NCC1(c2cccc(C(F)(F)F)c2)CCOCC1. The van der Waals surface area contributed by atoms with Crippen LogP contribution in [0, 0.1) is 0 Å². The number of amides is 1. The number of alkyl halides is 3. The highest BCUT2D eigenvalue weighted by Crippen LogP contribution is 2.37. The average molecular weight is 344 g/mol. The Kier molecular flexibility index (Phi) is 6.23. The first-order chi connectivity index (χ1) is 11.4. The number of carbonyl (C=O) groups is 1. The summed E-state index contributed by atoms with van der Waals surface area (Å²) < 4.78 is 44.4. The number of hydrogen-bond donors (Lipinski definition) is 2. The van der Waals surface area contributed by atoms with Gasteiger partial charge in [-0.15, -0.1) is 0 Å². The number of ether oxygens (including phenoxy) is 1. The van der Waals surface area contributed by atoms with Crippen molar-refractivity contribution in [3.05, 3.63) is 35.4 Å². The Bertz CT molecular complexity index is 555. The summed E-state index contributed by atoms with van der Waals surface area (Å²) in [4.78, 5) is 11.9. The minimum absolute atomic E-state index is 0.109. The maximum absolute atomic E-state index is 13.0. The third-order valence-electron chi connectivity index (χ3n) is 4.48. The second-order valence-electron chi connectivity index (χ2n) is 6.10. The maximum Gasteiger partial charge on any atom is 0.416 e. The molecule has 1 aromatic rings. The fourth-order valence-electron chi connectivity index (χ4n) is 2.95. The summed E-state index contributed by atoms with van der Waals surface area (Å²) in [5, 5.41) is 5.76. The summed E-state index contributed by atoms with van der Waals surface area (Å²) in [6.07, 6.45) is -2.87. The van der Waals surface area contributed by atoms with E-state index in [4.69, 9.17) is 4.74 Å². The van der Waals surface area contributed by atoms with Gasteiger partial charge < -0.3 is 15.4 Å². The Balaban J connectivity index is 2.20.